The summed E-state index contributed by atoms with van der Waals surface area (Å²) in [6, 6.07) is 3.86. The van der Waals surface area contributed by atoms with E-state index in [9.17, 15) is 4.39 Å². The highest BCUT2D eigenvalue weighted by Gasteiger charge is 2.15. The van der Waals surface area contributed by atoms with Gasteiger partial charge in [-0.2, -0.15) is 0 Å². The molecular formula is C22H37FNOP. The number of unbranched alkanes of at least 4 members (excludes halogenated alkanes) is 3. The Bertz CT molecular complexity index is 531. The van der Waals surface area contributed by atoms with E-state index in [1.165, 1.54) is 64.5 Å². The molecule has 2 unspecified atom stereocenters. The topological polar surface area (TPSA) is 12.5 Å². The van der Waals surface area contributed by atoms with Crippen LogP contribution in [0.25, 0.3) is 0 Å². The Morgan fingerprint density at radius 3 is 2.65 bits per heavy atom. The number of piperidine rings is 1. The van der Waals surface area contributed by atoms with Gasteiger partial charge in [0.05, 0.1) is 0 Å². The van der Waals surface area contributed by atoms with Crippen LogP contribution in [-0.2, 0) is 6.42 Å². The summed E-state index contributed by atoms with van der Waals surface area (Å²) in [6.45, 7) is 8.36. The summed E-state index contributed by atoms with van der Waals surface area (Å²) in [4.78, 5) is 2.44. The number of ether oxygens (including phenoxy) is 1. The molecule has 2 rings (SSSR count). The van der Waals surface area contributed by atoms with Gasteiger partial charge in [0.2, 0.25) is 0 Å². The third kappa shape index (κ3) is 7.16. The first-order chi connectivity index (χ1) is 12.6. The second-order valence-corrected chi connectivity index (χ2v) is 8.44. The lowest BCUT2D eigenvalue weighted by molar-refractivity contribution is 0.184. The van der Waals surface area contributed by atoms with Crippen LogP contribution in [0, 0.1) is 11.7 Å². The second kappa shape index (κ2) is 11.9. The van der Waals surface area contributed by atoms with E-state index < -0.39 is 0 Å². The average molecular weight is 382 g/mol. The van der Waals surface area contributed by atoms with Crippen LogP contribution in [-0.4, -0.2) is 31.1 Å². The van der Waals surface area contributed by atoms with Crippen LogP contribution in [0.3, 0.4) is 0 Å². The van der Waals surface area contributed by atoms with Gasteiger partial charge in [-0.25, -0.2) is 4.39 Å². The van der Waals surface area contributed by atoms with Crippen LogP contribution in [0.4, 0.5) is 4.39 Å². The normalized spacial score (nSPS) is 16.6. The van der Waals surface area contributed by atoms with Crippen molar-refractivity contribution < 1.29 is 9.13 Å². The zero-order valence-electron chi connectivity index (χ0n) is 16.7. The van der Waals surface area contributed by atoms with Gasteiger partial charge in [0.1, 0.15) is 18.2 Å². The second-order valence-electron chi connectivity index (χ2n) is 7.86. The molecule has 2 nitrogen and oxygen atoms in total. The van der Waals surface area contributed by atoms with Crippen LogP contribution >= 0.6 is 9.24 Å². The molecule has 0 radical (unpaired) electrons. The van der Waals surface area contributed by atoms with Crippen molar-refractivity contribution in [3.8, 4) is 5.75 Å². The lowest BCUT2D eigenvalue weighted by Gasteiger charge is -2.26. The maximum absolute atomic E-state index is 14.7. The fourth-order valence-electron chi connectivity index (χ4n) is 3.77. The minimum Gasteiger partial charge on any atom is -0.492 e. The molecular weight excluding hydrogens is 344 g/mol. The van der Waals surface area contributed by atoms with Crippen molar-refractivity contribution in [1.82, 2.24) is 4.90 Å². The van der Waals surface area contributed by atoms with E-state index in [1.54, 1.807) is 0 Å². The molecule has 0 N–H and O–H groups in total. The van der Waals surface area contributed by atoms with Gasteiger partial charge in [0.15, 0.2) is 0 Å². The van der Waals surface area contributed by atoms with Crippen molar-refractivity contribution in [3.05, 3.63) is 23.5 Å². The average Bonchev–Trinajstić information content (AvgIpc) is 2.65. The maximum Gasteiger partial charge on any atom is 0.137 e. The fourth-order valence-corrected chi connectivity index (χ4v) is 4.13. The van der Waals surface area contributed by atoms with Crippen LogP contribution in [0.5, 0.6) is 5.75 Å². The SMILES string of the molecule is CCCCCCC(C)Cc1ccc(OCCN2CCCCC2)c(P)c1F. The van der Waals surface area contributed by atoms with Crippen LogP contribution < -0.4 is 10.0 Å². The lowest BCUT2D eigenvalue weighted by Crippen LogP contribution is -2.33. The molecule has 1 aromatic carbocycles. The van der Waals surface area contributed by atoms with Gasteiger partial charge < -0.3 is 4.74 Å². The summed E-state index contributed by atoms with van der Waals surface area (Å²) < 4.78 is 20.6. The largest absolute Gasteiger partial charge is 0.492 e. The molecule has 4 heteroatoms. The number of rotatable bonds is 11. The predicted octanol–water partition coefficient (Wildman–Crippen LogP) is 5.34. The fraction of sp³-hybridized carbons (Fsp3) is 0.727. The molecule has 0 spiro atoms. The Labute approximate surface area is 162 Å². The third-order valence-corrected chi connectivity index (χ3v) is 5.99. The van der Waals surface area contributed by atoms with Crippen molar-refractivity contribution in [2.75, 3.05) is 26.2 Å². The number of benzene rings is 1. The number of nitrogens with zero attached hydrogens (tertiary/aromatic N) is 1. The van der Waals surface area contributed by atoms with E-state index in [2.05, 4.69) is 28.0 Å². The van der Waals surface area contributed by atoms with Crippen molar-refractivity contribution in [3.63, 3.8) is 0 Å². The highest BCUT2D eigenvalue weighted by Crippen LogP contribution is 2.22. The van der Waals surface area contributed by atoms with Crippen molar-refractivity contribution in [2.24, 2.45) is 5.92 Å². The molecule has 0 saturated carbocycles. The molecule has 0 amide bonds. The molecule has 1 heterocycles. The smallest absolute Gasteiger partial charge is 0.137 e. The van der Waals surface area contributed by atoms with Gasteiger partial charge in [0.25, 0.3) is 0 Å². The summed E-state index contributed by atoms with van der Waals surface area (Å²) in [5, 5.41) is 0.583. The van der Waals surface area contributed by atoms with Crippen LogP contribution in [0.1, 0.15) is 70.8 Å². The monoisotopic (exact) mass is 381 g/mol. The van der Waals surface area contributed by atoms with E-state index in [4.69, 9.17) is 4.74 Å². The zero-order valence-corrected chi connectivity index (χ0v) is 17.9. The van der Waals surface area contributed by atoms with Crippen molar-refractivity contribution in [2.45, 2.75) is 71.6 Å². The van der Waals surface area contributed by atoms with Gasteiger partial charge in [0, 0.05) is 11.8 Å². The number of halogens is 1. The van der Waals surface area contributed by atoms with Crippen molar-refractivity contribution in [1.29, 1.82) is 0 Å². The summed E-state index contributed by atoms with van der Waals surface area (Å²) in [7, 11) is 2.54. The minimum atomic E-state index is -0.106. The molecule has 2 atom stereocenters. The van der Waals surface area contributed by atoms with E-state index in [0.29, 0.717) is 23.6 Å². The lowest BCUT2D eigenvalue weighted by atomic mass is 9.95. The first kappa shape index (κ1) is 21.6. The van der Waals surface area contributed by atoms with Gasteiger partial charge in [-0.15, -0.1) is 0 Å². The molecule has 1 aliphatic heterocycles. The predicted molar refractivity (Wildman–Crippen MR) is 113 cm³/mol. The highest BCUT2D eigenvalue weighted by atomic mass is 31.0. The highest BCUT2D eigenvalue weighted by molar-refractivity contribution is 7.27. The zero-order chi connectivity index (χ0) is 18.8. The number of hydrogen-bond donors (Lipinski definition) is 0. The molecule has 1 fully saturated rings. The Morgan fingerprint density at radius 1 is 1.15 bits per heavy atom. The van der Waals surface area contributed by atoms with Gasteiger partial charge in [-0.1, -0.05) is 67.7 Å². The van der Waals surface area contributed by atoms with Gasteiger partial charge in [-0.05, 0) is 49.9 Å². The number of likely N-dealkylation sites (tertiary alicyclic amines) is 1. The summed E-state index contributed by atoms with van der Waals surface area (Å²) >= 11 is 0. The molecule has 1 saturated heterocycles. The molecule has 26 heavy (non-hydrogen) atoms. The van der Waals surface area contributed by atoms with Crippen molar-refractivity contribution >= 4 is 14.5 Å². The summed E-state index contributed by atoms with van der Waals surface area (Å²) in [5.41, 5.74) is 0.821. The van der Waals surface area contributed by atoms with E-state index in [-0.39, 0.29) is 5.82 Å². The first-order valence-corrected chi connectivity index (χ1v) is 11.1. The quantitative estimate of drug-likeness (QED) is 0.379. The standard InChI is InChI=1S/C22H37FNOP/c1-3-4-5-7-10-18(2)17-19-11-12-20(22(26)21(19)23)25-16-15-24-13-8-6-9-14-24/h11-12,18H,3-10,13-17,26H2,1-2H3. The molecule has 148 valence electrons. The third-order valence-electron chi connectivity index (χ3n) is 5.45. The van der Waals surface area contributed by atoms with Gasteiger partial charge >= 0.3 is 0 Å². The molecule has 0 aromatic heterocycles. The van der Waals surface area contributed by atoms with Crippen LogP contribution in [0.15, 0.2) is 12.1 Å². The molecule has 0 bridgehead atoms. The minimum absolute atomic E-state index is 0.106. The van der Waals surface area contributed by atoms with Crippen LogP contribution in [0.2, 0.25) is 0 Å². The Hall–Kier alpha value is -0.660. The Balaban J connectivity index is 1.80. The number of hydrogen-bond acceptors (Lipinski definition) is 2. The van der Waals surface area contributed by atoms with E-state index in [0.717, 1.165) is 18.5 Å². The van der Waals surface area contributed by atoms with E-state index in [1.807, 2.05) is 12.1 Å². The first-order valence-electron chi connectivity index (χ1n) is 10.5. The molecule has 1 aliphatic rings. The van der Waals surface area contributed by atoms with Gasteiger partial charge in [-0.3, -0.25) is 4.90 Å². The Kier molecular flexibility index (Phi) is 9.93. The molecule has 0 aliphatic carbocycles. The molecule has 1 aromatic rings. The summed E-state index contributed by atoms with van der Waals surface area (Å²) in [6.07, 6.45) is 11.0. The Morgan fingerprint density at radius 2 is 1.92 bits per heavy atom. The maximum atomic E-state index is 14.7. The summed E-state index contributed by atoms with van der Waals surface area (Å²) in [5.74, 6) is 1.09. The van der Waals surface area contributed by atoms with E-state index >= 15 is 0 Å².